The van der Waals surface area contributed by atoms with Crippen LogP contribution >= 0.6 is 0 Å². The summed E-state index contributed by atoms with van der Waals surface area (Å²) in [4.78, 5) is 38.3. The Morgan fingerprint density at radius 1 is 0.266 bits per heavy atom. The smallest absolute Gasteiger partial charge is 0.306 e. The van der Waals surface area contributed by atoms with E-state index in [0.717, 1.165) is 135 Å². The minimum absolute atomic E-state index is 0.0855. The van der Waals surface area contributed by atoms with Crippen molar-refractivity contribution in [2.75, 3.05) is 13.2 Å². The van der Waals surface area contributed by atoms with E-state index in [1.54, 1.807) is 0 Å². The molecule has 0 spiro atoms. The Hall–Kier alpha value is -3.41. The zero-order valence-corrected chi connectivity index (χ0v) is 52.4. The van der Waals surface area contributed by atoms with Crippen LogP contribution in [0, 0.1) is 0 Å². The van der Waals surface area contributed by atoms with Crippen LogP contribution in [0.1, 0.15) is 342 Å². The molecule has 0 fully saturated rings. The van der Waals surface area contributed by atoms with Crippen molar-refractivity contribution in [3.05, 3.63) is 85.1 Å². The van der Waals surface area contributed by atoms with Gasteiger partial charge in [-0.3, -0.25) is 14.4 Å². The van der Waals surface area contributed by atoms with Crippen molar-refractivity contribution in [2.24, 2.45) is 0 Å². The van der Waals surface area contributed by atoms with Crippen LogP contribution in [0.2, 0.25) is 0 Å². The first-order valence-electron chi connectivity index (χ1n) is 34.1. The summed E-state index contributed by atoms with van der Waals surface area (Å²) < 4.78 is 16.9. The highest BCUT2D eigenvalue weighted by Gasteiger charge is 2.19. The molecular formula is C73H128O6. The summed E-state index contributed by atoms with van der Waals surface area (Å²) in [6.07, 6.45) is 89.1. The SMILES string of the molecule is CC/C=C\C/C=C\C/C=C\CCCCCCCC(=O)OC(COC(=O)CCCCCCC/C=C\C/C=C\CCC)COC(=O)CCCCCCCCCCCCCCCCCCCCCCC/C=C\C/C=C\CCCCCCC. The molecule has 0 N–H and O–H groups in total. The fourth-order valence-electron chi connectivity index (χ4n) is 9.76. The molecule has 456 valence electrons. The average Bonchev–Trinajstić information content (AvgIpc) is 3.45. The van der Waals surface area contributed by atoms with Crippen LogP contribution in [0.4, 0.5) is 0 Å². The fourth-order valence-corrected chi connectivity index (χ4v) is 9.76. The van der Waals surface area contributed by atoms with E-state index in [0.29, 0.717) is 19.3 Å². The Morgan fingerprint density at radius 2 is 0.519 bits per heavy atom. The third-order valence-corrected chi connectivity index (χ3v) is 14.8. The van der Waals surface area contributed by atoms with Crippen molar-refractivity contribution in [1.82, 2.24) is 0 Å². The molecule has 6 heteroatoms. The number of carbonyl (C=O) groups is 3. The Morgan fingerprint density at radius 3 is 0.823 bits per heavy atom. The molecule has 0 amide bonds. The molecule has 0 aromatic carbocycles. The van der Waals surface area contributed by atoms with Crippen LogP contribution in [-0.2, 0) is 28.6 Å². The maximum Gasteiger partial charge on any atom is 0.306 e. The van der Waals surface area contributed by atoms with Crippen molar-refractivity contribution < 1.29 is 28.6 Å². The van der Waals surface area contributed by atoms with Gasteiger partial charge in [-0.25, -0.2) is 0 Å². The number of hydrogen-bond acceptors (Lipinski definition) is 6. The molecule has 0 aliphatic rings. The Kier molecular flexibility index (Phi) is 64.2. The van der Waals surface area contributed by atoms with Gasteiger partial charge in [-0.2, -0.15) is 0 Å². The van der Waals surface area contributed by atoms with E-state index >= 15 is 0 Å². The van der Waals surface area contributed by atoms with E-state index in [-0.39, 0.29) is 31.1 Å². The van der Waals surface area contributed by atoms with E-state index in [2.05, 4.69) is 106 Å². The van der Waals surface area contributed by atoms with Gasteiger partial charge in [-0.1, -0.05) is 298 Å². The lowest BCUT2D eigenvalue weighted by molar-refractivity contribution is -0.167. The maximum absolute atomic E-state index is 12.9. The van der Waals surface area contributed by atoms with Crippen molar-refractivity contribution in [2.45, 2.75) is 348 Å². The monoisotopic (exact) mass is 1100 g/mol. The van der Waals surface area contributed by atoms with Crippen LogP contribution in [0.5, 0.6) is 0 Å². The summed E-state index contributed by atoms with van der Waals surface area (Å²) in [7, 11) is 0. The van der Waals surface area contributed by atoms with Gasteiger partial charge in [0.2, 0.25) is 0 Å². The number of esters is 3. The van der Waals surface area contributed by atoms with Crippen molar-refractivity contribution in [1.29, 1.82) is 0 Å². The van der Waals surface area contributed by atoms with Crippen LogP contribution < -0.4 is 0 Å². The Bertz CT molecular complexity index is 1500. The second-order valence-corrected chi connectivity index (χ2v) is 22.7. The summed E-state index contributed by atoms with van der Waals surface area (Å²) in [5, 5.41) is 0. The molecule has 79 heavy (non-hydrogen) atoms. The molecule has 0 heterocycles. The first-order chi connectivity index (χ1) is 39.0. The zero-order chi connectivity index (χ0) is 57.1. The van der Waals surface area contributed by atoms with E-state index in [1.165, 1.54) is 167 Å². The van der Waals surface area contributed by atoms with Gasteiger partial charge in [0.1, 0.15) is 13.2 Å². The second-order valence-electron chi connectivity index (χ2n) is 22.7. The molecule has 6 nitrogen and oxygen atoms in total. The third kappa shape index (κ3) is 65.3. The molecule has 0 saturated carbocycles. The normalized spacial score (nSPS) is 12.6. The van der Waals surface area contributed by atoms with Gasteiger partial charge in [-0.15, -0.1) is 0 Å². The molecule has 0 aromatic rings. The number of allylic oxidation sites excluding steroid dienone is 14. The molecule has 0 aromatic heterocycles. The number of hydrogen-bond donors (Lipinski definition) is 0. The highest BCUT2D eigenvalue weighted by atomic mass is 16.6. The topological polar surface area (TPSA) is 78.9 Å². The summed E-state index contributed by atoms with van der Waals surface area (Å²) in [5.74, 6) is -0.905. The van der Waals surface area contributed by atoms with E-state index in [1.807, 2.05) is 0 Å². The number of rotatable bonds is 62. The van der Waals surface area contributed by atoms with Crippen LogP contribution in [0.15, 0.2) is 85.1 Å². The van der Waals surface area contributed by atoms with Gasteiger partial charge in [-0.05, 0) is 109 Å². The predicted octanol–water partition coefficient (Wildman–Crippen LogP) is 23.4. The molecule has 0 rings (SSSR count). The second kappa shape index (κ2) is 67.1. The van der Waals surface area contributed by atoms with E-state index in [4.69, 9.17) is 14.2 Å². The van der Waals surface area contributed by atoms with Gasteiger partial charge < -0.3 is 14.2 Å². The lowest BCUT2D eigenvalue weighted by atomic mass is 10.0. The third-order valence-electron chi connectivity index (χ3n) is 14.8. The minimum atomic E-state index is -0.791. The molecule has 0 saturated heterocycles. The predicted molar refractivity (Wildman–Crippen MR) is 344 cm³/mol. The van der Waals surface area contributed by atoms with Gasteiger partial charge in [0, 0.05) is 19.3 Å². The number of unbranched alkanes of at least 4 members (excludes halogenated alkanes) is 37. The van der Waals surface area contributed by atoms with Crippen molar-refractivity contribution in [3.63, 3.8) is 0 Å². The lowest BCUT2D eigenvalue weighted by Crippen LogP contribution is -2.30. The van der Waals surface area contributed by atoms with Crippen LogP contribution in [0.25, 0.3) is 0 Å². The molecule has 0 aliphatic carbocycles. The van der Waals surface area contributed by atoms with E-state index < -0.39 is 6.10 Å². The van der Waals surface area contributed by atoms with Crippen molar-refractivity contribution in [3.8, 4) is 0 Å². The first kappa shape index (κ1) is 75.6. The number of ether oxygens (including phenoxy) is 3. The zero-order valence-electron chi connectivity index (χ0n) is 52.4. The van der Waals surface area contributed by atoms with E-state index in [9.17, 15) is 14.4 Å². The molecule has 0 aliphatic heterocycles. The summed E-state index contributed by atoms with van der Waals surface area (Å²) >= 11 is 0. The highest BCUT2D eigenvalue weighted by molar-refractivity contribution is 5.71. The fraction of sp³-hybridized carbons (Fsp3) is 0.767. The highest BCUT2D eigenvalue weighted by Crippen LogP contribution is 2.17. The minimum Gasteiger partial charge on any atom is -0.462 e. The summed E-state index contributed by atoms with van der Waals surface area (Å²) in [5.41, 5.74) is 0. The van der Waals surface area contributed by atoms with Crippen molar-refractivity contribution >= 4 is 17.9 Å². The average molecular weight is 1100 g/mol. The van der Waals surface area contributed by atoms with Gasteiger partial charge in [0.15, 0.2) is 6.10 Å². The first-order valence-corrected chi connectivity index (χ1v) is 34.1. The number of carbonyl (C=O) groups excluding carboxylic acids is 3. The summed E-state index contributed by atoms with van der Waals surface area (Å²) in [6.45, 7) is 6.46. The van der Waals surface area contributed by atoms with Crippen LogP contribution in [0.3, 0.4) is 0 Å². The molecule has 1 atom stereocenters. The Balaban J connectivity index is 4.13. The van der Waals surface area contributed by atoms with Gasteiger partial charge >= 0.3 is 17.9 Å². The standard InChI is InChI=1S/C73H128O6/c1-4-7-10-13-16-19-22-25-27-28-29-30-31-32-33-34-35-36-37-38-39-40-41-42-43-44-46-48-51-54-57-60-63-66-72(75)78-69-70(68-77-71(74)65-62-59-56-53-50-47-24-21-18-15-12-9-6-3)79-73(76)67-64-61-58-55-52-49-45-26-23-20-17-14-11-8-5-2/h8,11-12,15,17,20-22,24-26,28-29,45,70H,4-7,9-10,13-14,16,18-19,23,27,30-44,46-69H2,1-3H3/b11-8-,15-12-,20-17-,24-21-,25-22-,29-28-,45-26-. The quantitative estimate of drug-likeness (QED) is 0.0261. The summed E-state index contributed by atoms with van der Waals surface area (Å²) in [6, 6.07) is 0. The van der Waals surface area contributed by atoms with Gasteiger partial charge in [0.25, 0.3) is 0 Å². The lowest BCUT2D eigenvalue weighted by Gasteiger charge is -2.18. The maximum atomic E-state index is 12.9. The molecule has 1 unspecified atom stereocenters. The molecule has 0 bridgehead atoms. The largest absolute Gasteiger partial charge is 0.462 e. The molecular weight excluding hydrogens is 973 g/mol. The van der Waals surface area contributed by atoms with Gasteiger partial charge in [0.05, 0.1) is 0 Å². The molecule has 0 radical (unpaired) electrons. The van der Waals surface area contributed by atoms with Crippen LogP contribution in [-0.4, -0.2) is 37.2 Å². The Labute approximate surface area is 490 Å².